The molecule has 0 aliphatic heterocycles. The summed E-state index contributed by atoms with van der Waals surface area (Å²) in [6, 6.07) is 14.5. The van der Waals surface area contributed by atoms with Gasteiger partial charge in [0, 0.05) is 6.20 Å². The highest BCUT2D eigenvalue weighted by molar-refractivity contribution is 7.16. The number of thiazole rings is 1. The molecule has 37 heavy (non-hydrogen) atoms. The van der Waals surface area contributed by atoms with E-state index in [1.807, 2.05) is 30.3 Å². The molecule has 0 aliphatic carbocycles. The van der Waals surface area contributed by atoms with Crippen LogP contribution in [0.1, 0.15) is 17.4 Å². The first-order valence-electron chi connectivity index (χ1n) is 11.3. The van der Waals surface area contributed by atoms with E-state index in [4.69, 9.17) is 21.3 Å². The first-order valence-corrected chi connectivity index (χ1v) is 12.6. The number of aromatic amines is 1. The van der Waals surface area contributed by atoms with Gasteiger partial charge in [-0.15, -0.1) is 11.3 Å². The number of halogens is 1. The second kappa shape index (κ2) is 10.1. The van der Waals surface area contributed by atoms with Crippen LogP contribution in [0.2, 0.25) is 5.02 Å². The minimum atomic E-state index is -0.588. The standard InChI is InChI=1S/C25H19ClN8O2S/c26-17-7-4-8-18-20(17)25(35)34(16-9-30-31-10-16)23(33-18)19(12-36-11-15-5-2-1-3-6-15)32-22-21-24(28-13-27-22)37-14-29-21/h1-10,13-14,19H,11-12H2,(H,30,31)(H,27,28,32)/t19-/m0/s1. The van der Waals surface area contributed by atoms with Gasteiger partial charge >= 0.3 is 0 Å². The monoisotopic (exact) mass is 530 g/mol. The fourth-order valence-electron chi connectivity index (χ4n) is 4.07. The maximum Gasteiger partial charge on any atom is 0.267 e. The van der Waals surface area contributed by atoms with Gasteiger partial charge in [-0.2, -0.15) is 5.10 Å². The fourth-order valence-corrected chi connectivity index (χ4v) is 4.95. The Hall–Kier alpha value is -4.19. The number of nitrogens with one attached hydrogen (secondary N) is 2. The predicted molar refractivity (Wildman–Crippen MR) is 142 cm³/mol. The van der Waals surface area contributed by atoms with Crippen molar-refractivity contribution in [2.24, 2.45) is 0 Å². The summed E-state index contributed by atoms with van der Waals surface area (Å²) in [4.78, 5) is 32.5. The third-order valence-corrected chi connectivity index (χ3v) is 6.82. The van der Waals surface area contributed by atoms with Crippen LogP contribution in [0.4, 0.5) is 5.82 Å². The summed E-state index contributed by atoms with van der Waals surface area (Å²) in [5, 5.41) is 10.8. The molecule has 12 heteroatoms. The lowest BCUT2D eigenvalue weighted by Crippen LogP contribution is -2.30. The average molecular weight is 531 g/mol. The smallest absolute Gasteiger partial charge is 0.267 e. The molecule has 184 valence electrons. The van der Waals surface area contributed by atoms with E-state index < -0.39 is 6.04 Å². The van der Waals surface area contributed by atoms with Gasteiger partial charge in [0.1, 0.15) is 28.5 Å². The molecule has 0 radical (unpaired) electrons. The van der Waals surface area contributed by atoms with Gasteiger partial charge in [-0.3, -0.25) is 14.5 Å². The van der Waals surface area contributed by atoms with Crippen molar-refractivity contribution in [1.82, 2.24) is 34.7 Å². The highest BCUT2D eigenvalue weighted by Crippen LogP contribution is 2.27. The number of aromatic nitrogens is 7. The second-order valence-corrected chi connectivity index (χ2v) is 9.37. The summed E-state index contributed by atoms with van der Waals surface area (Å²) in [6.45, 7) is 0.561. The molecular formula is C25H19ClN8O2S. The van der Waals surface area contributed by atoms with Crippen LogP contribution in [0.5, 0.6) is 0 Å². The van der Waals surface area contributed by atoms with Crippen molar-refractivity contribution in [2.45, 2.75) is 12.6 Å². The van der Waals surface area contributed by atoms with Gasteiger partial charge in [0.25, 0.3) is 5.56 Å². The Morgan fingerprint density at radius 3 is 2.84 bits per heavy atom. The molecule has 0 bridgehead atoms. The van der Waals surface area contributed by atoms with Crippen molar-refractivity contribution >= 4 is 50.0 Å². The predicted octanol–water partition coefficient (Wildman–Crippen LogP) is 4.53. The van der Waals surface area contributed by atoms with Crippen molar-refractivity contribution in [3.8, 4) is 5.69 Å². The van der Waals surface area contributed by atoms with E-state index in [-0.39, 0.29) is 12.2 Å². The van der Waals surface area contributed by atoms with Gasteiger partial charge < -0.3 is 10.1 Å². The zero-order valence-electron chi connectivity index (χ0n) is 19.2. The molecule has 0 unspecified atom stereocenters. The molecular weight excluding hydrogens is 512 g/mol. The topological polar surface area (TPSA) is 124 Å². The van der Waals surface area contributed by atoms with E-state index in [0.29, 0.717) is 45.4 Å². The Bertz CT molecular complexity index is 1740. The summed E-state index contributed by atoms with van der Waals surface area (Å²) < 4.78 is 7.61. The van der Waals surface area contributed by atoms with Gasteiger partial charge in [-0.25, -0.2) is 19.9 Å². The molecule has 0 saturated carbocycles. The lowest BCUT2D eigenvalue weighted by Gasteiger charge is -2.23. The average Bonchev–Trinajstić information content (AvgIpc) is 3.61. The van der Waals surface area contributed by atoms with Crippen molar-refractivity contribution in [1.29, 1.82) is 0 Å². The number of benzene rings is 2. The van der Waals surface area contributed by atoms with Crippen molar-refractivity contribution in [3.63, 3.8) is 0 Å². The molecule has 0 spiro atoms. The minimum absolute atomic E-state index is 0.181. The van der Waals surface area contributed by atoms with Gasteiger partial charge in [0.05, 0.1) is 46.5 Å². The number of hydrogen-bond acceptors (Lipinski definition) is 9. The fraction of sp³-hybridized carbons (Fsp3) is 0.120. The van der Waals surface area contributed by atoms with Gasteiger partial charge in [0.2, 0.25) is 0 Å². The maximum absolute atomic E-state index is 13.8. The van der Waals surface area contributed by atoms with Crippen molar-refractivity contribution in [3.05, 3.63) is 99.5 Å². The molecule has 6 rings (SSSR count). The number of nitrogens with zero attached hydrogens (tertiary/aromatic N) is 6. The van der Waals surface area contributed by atoms with Crippen LogP contribution in [0.25, 0.3) is 26.9 Å². The summed E-state index contributed by atoms with van der Waals surface area (Å²) in [7, 11) is 0. The van der Waals surface area contributed by atoms with E-state index in [1.54, 1.807) is 36.1 Å². The molecule has 4 aromatic heterocycles. The lowest BCUT2D eigenvalue weighted by atomic mass is 10.2. The Morgan fingerprint density at radius 2 is 2.00 bits per heavy atom. The zero-order valence-corrected chi connectivity index (χ0v) is 20.8. The number of H-pyrrole nitrogens is 1. The van der Waals surface area contributed by atoms with Crippen molar-refractivity contribution in [2.75, 3.05) is 11.9 Å². The van der Waals surface area contributed by atoms with E-state index in [1.165, 1.54) is 22.2 Å². The number of hydrogen-bond donors (Lipinski definition) is 2. The molecule has 0 fully saturated rings. The van der Waals surface area contributed by atoms with Gasteiger partial charge in [-0.05, 0) is 17.7 Å². The molecule has 0 saturated heterocycles. The third kappa shape index (κ3) is 4.55. The first kappa shape index (κ1) is 23.2. The molecule has 2 aromatic carbocycles. The van der Waals surface area contributed by atoms with Gasteiger partial charge in [0.15, 0.2) is 5.82 Å². The molecule has 4 heterocycles. The second-order valence-electron chi connectivity index (χ2n) is 8.13. The van der Waals surface area contributed by atoms with Gasteiger partial charge in [-0.1, -0.05) is 48.0 Å². The summed E-state index contributed by atoms with van der Waals surface area (Å²) in [5.41, 5.74) is 4.04. The minimum Gasteiger partial charge on any atom is -0.374 e. The third-order valence-electron chi connectivity index (χ3n) is 5.77. The molecule has 10 nitrogen and oxygen atoms in total. The van der Waals surface area contributed by atoms with E-state index in [9.17, 15) is 4.79 Å². The quantitative estimate of drug-likeness (QED) is 0.294. The SMILES string of the molecule is O=c1c2c(Cl)cccc2nc([C@H](COCc2ccccc2)Nc2ncnc3scnc23)n1-c1cn[nH]c1. The van der Waals surface area contributed by atoms with Crippen LogP contribution in [-0.4, -0.2) is 41.3 Å². The maximum atomic E-state index is 13.8. The van der Waals surface area contributed by atoms with Crippen LogP contribution in [0, 0.1) is 0 Å². The van der Waals surface area contributed by atoms with Crippen LogP contribution in [0.15, 0.2) is 77.6 Å². The van der Waals surface area contributed by atoms with Crippen LogP contribution in [0.3, 0.4) is 0 Å². The highest BCUT2D eigenvalue weighted by Gasteiger charge is 2.24. The summed E-state index contributed by atoms with van der Waals surface area (Å²) in [5.74, 6) is 0.926. The summed E-state index contributed by atoms with van der Waals surface area (Å²) >= 11 is 7.84. The van der Waals surface area contributed by atoms with Crippen LogP contribution in [-0.2, 0) is 11.3 Å². The van der Waals surface area contributed by atoms with E-state index >= 15 is 0 Å². The molecule has 0 amide bonds. The Labute approximate surface area is 219 Å². The molecule has 6 aromatic rings. The highest BCUT2D eigenvalue weighted by atomic mass is 35.5. The number of rotatable bonds is 8. The van der Waals surface area contributed by atoms with Crippen LogP contribution < -0.4 is 10.9 Å². The largest absolute Gasteiger partial charge is 0.374 e. The number of ether oxygens (including phenoxy) is 1. The number of fused-ring (bicyclic) bond motifs is 2. The first-order chi connectivity index (χ1) is 18.2. The number of anilines is 1. The zero-order chi connectivity index (χ0) is 25.2. The van der Waals surface area contributed by atoms with Crippen LogP contribution >= 0.6 is 22.9 Å². The Morgan fingerprint density at radius 1 is 1.11 bits per heavy atom. The molecule has 1 atom stereocenters. The summed E-state index contributed by atoms with van der Waals surface area (Å²) in [6.07, 6.45) is 4.66. The van der Waals surface area contributed by atoms with E-state index in [0.717, 1.165) is 10.4 Å². The molecule has 0 aliphatic rings. The molecule has 2 N–H and O–H groups in total. The van der Waals surface area contributed by atoms with Crippen molar-refractivity contribution < 1.29 is 4.74 Å². The Kier molecular flexibility index (Phi) is 6.31. The normalized spacial score (nSPS) is 12.2. The van der Waals surface area contributed by atoms with E-state index in [2.05, 4.69) is 30.5 Å². The Balaban J connectivity index is 1.48. The lowest BCUT2D eigenvalue weighted by molar-refractivity contribution is 0.110.